The van der Waals surface area contributed by atoms with E-state index in [1.165, 1.54) is 0 Å². The number of carbonyl (C=O) groups excluding carboxylic acids is 1. The third-order valence-corrected chi connectivity index (χ3v) is 10.1. The van der Waals surface area contributed by atoms with Crippen molar-refractivity contribution in [2.45, 2.75) is 91.0 Å². The van der Waals surface area contributed by atoms with Crippen LogP contribution in [0.3, 0.4) is 0 Å². The first-order valence-electron chi connectivity index (χ1n) is 11.9. The molecule has 0 spiro atoms. The molecule has 1 aliphatic heterocycles. The molecule has 5 aliphatic rings. The maximum Gasteiger partial charge on any atom is 0.337 e. The van der Waals surface area contributed by atoms with Crippen molar-refractivity contribution in [3.63, 3.8) is 0 Å². The molecule has 0 unspecified atom stereocenters. The monoisotopic (exact) mass is 402 g/mol. The molecular formula is C25H38O4. The van der Waals surface area contributed by atoms with Gasteiger partial charge in [-0.2, -0.15) is 0 Å². The van der Waals surface area contributed by atoms with Crippen molar-refractivity contribution in [2.24, 2.45) is 46.8 Å². The first-order chi connectivity index (χ1) is 13.6. The molecule has 0 aromatic carbocycles. The van der Waals surface area contributed by atoms with E-state index in [4.69, 9.17) is 4.74 Å². The first kappa shape index (κ1) is 20.1. The lowest BCUT2D eigenvalue weighted by molar-refractivity contribution is -0.152. The number of rotatable bonds is 1. The van der Waals surface area contributed by atoms with Gasteiger partial charge in [0.2, 0.25) is 0 Å². The van der Waals surface area contributed by atoms with E-state index < -0.39 is 5.60 Å². The van der Waals surface area contributed by atoms with E-state index >= 15 is 0 Å². The molecule has 3 fully saturated rings. The Morgan fingerprint density at radius 2 is 1.79 bits per heavy atom. The maximum atomic E-state index is 13.1. The van der Waals surface area contributed by atoms with Crippen LogP contribution >= 0.6 is 0 Å². The standard InChI is InChI=1S/C25H38O4/c1-12(2)16-9-20(26)24(5)10-17-13(3)6-7-15-14(4)8-19-21(15)22(23(27)29-19)25(17,28)11-18(16)24/h12-20,26,28H,6-11H2,1-5H3/t13-,14-,15-,16+,17+,18-,19-,20+,24+,25+/m0/s1. The minimum atomic E-state index is -1.11. The molecule has 0 aromatic rings. The van der Waals surface area contributed by atoms with Gasteiger partial charge in [0.15, 0.2) is 0 Å². The number of esters is 1. The highest BCUT2D eigenvalue weighted by molar-refractivity contribution is 5.95. The van der Waals surface area contributed by atoms with Crippen molar-refractivity contribution in [1.29, 1.82) is 0 Å². The van der Waals surface area contributed by atoms with E-state index in [1.54, 1.807) is 0 Å². The summed E-state index contributed by atoms with van der Waals surface area (Å²) in [5, 5.41) is 23.4. The molecular weight excluding hydrogens is 364 g/mol. The minimum Gasteiger partial charge on any atom is -0.454 e. The molecule has 2 N–H and O–H groups in total. The summed E-state index contributed by atoms with van der Waals surface area (Å²) in [6.45, 7) is 11.2. The molecule has 0 bridgehead atoms. The van der Waals surface area contributed by atoms with Crippen LogP contribution in [0.1, 0.15) is 73.1 Å². The summed E-state index contributed by atoms with van der Waals surface area (Å²) in [6, 6.07) is 0. The summed E-state index contributed by atoms with van der Waals surface area (Å²) >= 11 is 0. The predicted octanol–water partition coefficient (Wildman–Crippen LogP) is 4.09. The van der Waals surface area contributed by atoms with Crippen LogP contribution in [-0.2, 0) is 9.53 Å². The number of ether oxygens (including phenoxy) is 1. The molecule has 0 amide bonds. The van der Waals surface area contributed by atoms with Crippen LogP contribution in [0.4, 0.5) is 0 Å². The van der Waals surface area contributed by atoms with E-state index in [1.807, 2.05) is 0 Å². The number of hydrogen-bond acceptors (Lipinski definition) is 4. The number of carbonyl (C=O) groups is 1. The van der Waals surface area contributed by atoms with E-state index in [0.717, 1.165) is 37.7 Å². The second-order valence-electron chi connectivity index (χ2n) is 11.8. The van der Waals surface area contributed by atoms with Crippen molar-refractivity contribution >= 4 is 5.97 Å². The smallest absolute Gasteiger partial charge is 0.337 e. The van der Waals surface area contributed by atoms with Gasteiger partial charge in [-0.1, -0.05) is 34.6 Å². The van der Waals surface area contributed by atoms with Crippen LogP contribution in [0.2, 0.25) is 0 Å². The lowest BCUT2D eigenvalue weighted by atomic mass is 9.52. The topological polar surface area (TPSA) is 66.8 Å². The van der Waals surface area contributed by atoms with Crippen LogP contribution in [0.5, 0.6) is 0 Å². The van der Waals surface area contributed by atoms with E-state index in [0.29, 0.717) is 41.6 Å². The van der Waals surface area contributed by atoms with Crippen LogP contribution in [0.15, 0.2) is 11.1 Å². The van der Waals surface area contributed by atoms with E-state index in [9.17, 15) is 15.0 Å². The zero-order chi connectivity index (χ0) is 20.9. The van der Waals surface area contributed by atoms with Gasteiger partial charge in [-0.15, -0.1) is 0 Å². The number of hydrogen-bond donors (Lipinski definition) is 2. The Labute approximate surface area is 175 Å². The third-order valence-electron chi connectivity index (χ3n) is 10.1. The van der Waals surface area contributed by atoms with Gasteiger partial charge in [-0.05, 0) is 90.9 Å². The maximum absolute atomic E-state index is 13.1. The molecule has 4 aliphatic carbocycles. The second kappa shape index (κ2) is 6.32. The number of fused-ring (bicyclic) bond motifs is 3. The van der Waals surface area contributed by atoms with E-state index in [-0.39, 0.29) is 35.4 Å². The molecule has 3 saturated carbocycles. The summed E-state index contributed by atoms with van der Waals surface area (Å²) in [4.78, 5) is 13.1. The molecule has 5 rings (SSSR count). The molecule has 4 nitrogen and oxygen atoms in total. The van der Waals surface area contributed by atoms with Crippen LogP contribution in [0, 0.1) is 46.8 Å². The summed E-state index contributed by atoms with van der Waals surface area (Å²) < 4.78 is 5.84. The van der Waals surface area contributed by atoms with Gasteiger partial charge in [0.1, 0.15) is 11.7 Å². The Hall–Kier alpha value is -0.870. The molecule has 162 valence electrons. The van der Waals surface area contributed by atoms with Gasteiger partial charge in [-0.3, -0.25) is 0 Å². The summed E-state index contributed by atoms with van der Waals surface area (Å²) in [6.07, 6.45) is 4.84. The fourth-order valence-electron chi connectivity index (χ4n) is 8.37. The fraction of sp³-hybridized carbons (Fsp3) is 0.880. The molecule has 0 aromatic heterocycles. The van der Waals surface area contributed by atoms with Gasteiger partial charge >= 0.3 is 5.97 Å². The molecule has 0 radical (unpaired) electrons. The largest absolute Gasteiger partial charge is 0.454 e. The fourth-order valence-corrected chi connectivity index (χ4v) is 8.37. The van der Waals surface area contributed by atoms with Gasteiger partial charge in [0, 0.05) is 0 Å². The Balaban J connectivity index is 1.65. The van der Waals surface area contributed by atoms with Gasteiger partial charge in [-0.25, -0.2) is 4.79 Å². The summed E-state index contributed by atoms with van der Waals surface area (Å²) in [7, 11) is 0. The van der Waals surface area contributed by atoms with Crippen molar-refractivity contribution in [1.82, 2.24) is 0 Å². The average Bonchev–Trinajstić information content (AvgIpc) is 3.19. The first-order valence-corrected chi connectivity index (χ1v) is 11.9. The van der Waals surface area contributed by atoms with Gasteiger partial charge in [0.25, 0.3) is 0 Å². The molecule has 1 heterocycles. The van der Waals surface area contributed by atoms with Crippen molar-refractivity contribution < 1.29 is 19.7 Å². The molecule has 4 heteroatoms. The molecule has 10 atom stereocenters. The quantitative estimate of drug-likeness (QED) is 0.648. The van der Waals surface area contributed by atoms with Crippen LogP contribution in [-0.4, -0.2) is 34.0 Å². The Bertz CT molecular complexity index is 756. The Kier molecular flexibility index (Phi) is 4.37. The Morgan fingerprint density at radius 3 is 2.48 bits per heavy atom. The zero-order valence-electron chi connectivity index (χ0n) is 18.6. The normalized spacial score (nSPS) is 54.0. The SMILES string of the molecule is CC(C)[C@H]1C[C@@H](O)[C@]2(C)C[C@@H]3[C@@H](C)CC[C@@H]4C5=C(C(=O)O[C@H]5C[C@@H]4C)[C@@]3(O)C[C@@H]12. The van der Waals surface area contributed by atoms with E-state index in [2.05, 4.69) is 34.6 Å². The number of aliphatic hydroxyl groups is 2. The van der Waals surface area contributed by atoms with Crippen LogP contribution < -0.4 is 0 Å². The van der Waals surface area contributed by atoms with Gasteiger partial charge in [0.05, 0.1) is 11.7 Å². The summed E-state index contributed by atoms with van der Waals surface area (Å²) in [5.74, 6) is 2.05. The second-order valence-corrected chi connectivity index (χ2v) is 11.8. The average molecular weight is 403 g/mol. The Morgan fingerprint density at radius 1 is 1.07 bits per heavy atom. The van der Waals surface area contributed by atoms with Crippen molar-refractivity contribution in [2.75, 3.05) is 0 Å². The van der Waals surface area contributed by atoms with Crippen LogP contribution in [0.25, 0.3) is 0 Å². The number of aliphatic hydroxyl groups excluding tert-OH is 1. The van der Waals surface area contributed by atoms with Gasteiger partial charge < -0.3 is 14.9 Å². The summed E-state index contributed by atoms with van der Waals surface area (Å²) in [5.41, 5.74) is 0.504. The third kappa shape index (κ3) is 2.54. The lowest BCUT2D eigenvalue weighted by Gasteiger charge is -2.55. The highest BCUT2D eigenvalue weighted by Crippen LogP contribution is 2.65. The lowest BCUT2D eigenvalue weighted by Crippen LogP contribution is -2.56. The predicted molar refractivity (Wildman–Crippen MR) is 111 cm³/mol. The van der Waals surface area contributed by atoms with Crippen molar-refractivity contribution in [3.8, 4) is 0 Å². The highest BCUT2D eigenvalue weighted by atomic mass is 16.6. The van der Waals surface area contributed by atoms with Crippen molar-refractivity contribution in [3.05, 3.63) is 11.1 Å². The zero-order valence-corrected chi connectivity index (χ0v) is 18.6. The minimum absolute atomic E-state index is 0.00923. The highest BCUT2D eigenvalue weighted by Gasteiger charge is 2.65. The molecule has 29 heavy (non-hydrogen) atoms. The molecule has 0 saturated heterocycles.